The molecule has 1 N–H and O–H groups in total. The first-order chi connectivity index (χ1) is 12.4. The van der Waals surface area contributed by atoms with Gasteiger partial charge in [0.1, 0.15) is 11.5 Å². The summed E-state index contributed by atoms with van der Waals surface area (Å²) in [5.41, 5.74) is 2.12. The Labute approximate surface area is 151 Å². The summed E-state index contributed by atoms with van der Waals surface area (Å²) in [6.07, 6.45) is 3.26. The van der Waals surface area contributed by atoms with Gasteiger partial charge >= 0.3 is 6.03 Å². The maximum Gasteiger partial charge on any atom is 0.345 e. The van der Waals surface area contributed by atoms with Gasteiger partial charge in [0, 0.05) is 28.1 Å². The Morgan fingerprint density at radius 3 is 2.15 bits per heavy atom. The molecule has 0 radical (unpaired) electrons. The van der Waals surface area contributed by atoms with Crippen molar-refractivity contribution in [1.29, 1.82) is 0 Å². The topological polar surface area (TPSA) is 85.3 Å². The van der Waals surface area contributed by atoms with Crippen LogP contribution in [0, 0.1) is 0 Å². The lowest BCUT2D eigenvalue weighted by atomic mass is 10.1. The fraction of sp³-hybridized carbons (Fsp3) is 0.222. The van der Waals surface area contributed by atoms with E-state index in [0.29, 0.717) is 5.01 Å². The summed E-state index contributed by atoms with van der Waals surface area (Å²) in [5, 5.41) is 6.85. The molecule has 0 aromatic heterocycles. The van der Waals surface area contributed by atoms with Gasteiger partial charge in [-0.1, -0.05) is 12.1 Å². The number of urea groups is 1. The van der Waals surface area contributed by atoms with Gasteiger partial charge in [-0.15, -0.1) is 5.01 Å². The van der Waals surface area contributed by atoms with Crippen LogP contribution in [0.3, 0.4) is 0 Å². The van der Waals surface area contributed by atoms with E-state index in [-0.39, 0.29) is 17.1 Å². The molecule has 1 aromatic rings. The van der Waals surface area contributed by atoms with Crippen molar-refractivity contribution >= 4 is 34.8 Å². The summed E-state index contributed by atoms with van der Waals surface area (Å²) in [6.45, 7) is 1.31. The van der Waals surface area contributed by atoms with E-state index >= 15 is 0 Å². The van der Waals surface area contributed by atoms with Crippen LogP contribution in [-0.2, 0) is 9.59 Å². The SMILES string of the molecule is CNC(=O)N1N=C(C(C)=O)/C(=C\C=C2N(C)c3ccccc3N2C)C1=O. The maximum atomic E-state index is 12.5. The fourth-order valence-corrected chi connectivity index (χ4v) is 2.95. The largest absolute Gasteiger partial charge is 0.345 e. The highest BCUT2D eigenvalue weighted by molar-refractivity contribution is 6.53. The van der Waals surface area contributed by atoms with Crippen LogP contribution in [-0.4, -0.2) is 49.6 Å². The van der Waals surface area contributed by atoms with Crippen molar-refractivity contribution in [3.05, 3.63) is 47.8 Å². The second kappa shape index (κ2) is 6.47. The number of anilines is 2. The Morgan fingerprint density at radius 2 is 1.65 bits per heavy atom. The Balaban J connectivity index is 1.99. The first-order valence-corrected chi connectivity index (χ1v) is 8.01. The molecule has 1 aromatic carbocycles. The smallest absolute Gasteiger partial charge is 0.339 e. The molecular formula is C18H19N5O3. The normalized spacial score (nSPS) is 17.6. The highest BCUT2D eigenvalue weighted by atomic mass is 16.2. The molecule has 134 valence electrons. The summed E-state index contributed by atoms with van der Waals surface area (Å²) in [4.78, 5) is 40.0. The summed E-state index contributed by atoms with van der Waals surface area (Å²) in [5.74, 6) is -0.189. The van der Waals surface area contributed by atoms with Gasteiger partial charge < -0.3 is 15.1 Å². The second-order valence-electron chi connectivity index (χ2n) is 5.89. The Morgan fingerprint density at radius 1 is 1.08 bits per heavy atom. The molecular weight excluding hydrogens is 334 g/mol. The van der Waals surface area contributed by atoms with E-state index in [1.165, 1.54) is 20.0 Å². The first kappa shape index (κ1) is 17.4. The fourth-order valence-electron chi connectivity index (χ4n) is 2.95. The number of hydrogen-bond donors (Lipinski definition) is 1. The molecule has 2 aliphatic heterocycles. The number of benzene rings is 1. The van der Waals surface area contributed by atoms with Crippen molar-refractivity contribution in [2.75, 3.05) is 30.9 Å². The third-order valence-corrected chi connectivity index (χ3v) is 4.31. The van der Waals surface area contributed by atoms with Crippen molar-refractivity contribution < 1.29 is 14.4 Å². The summed E-state index contributed by atoms with van der Waals surface area (Å²) in [7, 11) is 5.22. The van der Waals surface area contributed by atoms with Gasteiger partial charge in [0.2, 0.25) is 0 Å². The van der Waals surface area contributed by atoms with Gasteiger partial charge in [-0.2, -0.15) is 5.10 Å². The minimum Gasteiger partial charge on any atom is -0.339 e. The van der Waals surface area contributed by atoms with Crippen molar-refractivity contribution in [1.82, 2.24) is 10.3 Å². The summed E-state index contributed by atoms with van der Waals surface area (Å²) in [6, 6.07) is 7.21. The minimum absolute atomic E-state index is 0.0312. The highest BCUT2D eigenvalue weighted by Gasteiger charge is 2.36. The van der Waals surface area contributed by atoms with E-state index in [9.17, 15) is 14.4 Å². The van der Waals surface area contributed by atoms with Crippen LogP contribution < -0.4 is 15.1 Å². The third-order valence-electron chi connectivity index (χ3n) is 4.31. The zero-order valence-corrected chi connectivity index (χ0v) is 15.0. The van der Waals surface area contributed by atoms with Crippen molar-refractivity contribution in [2.45, 2.75) is 6.92 Å². The average Bonchev–Trinajstić information content (AvgIpc) is 3.09. The lowest BCUT2D eigenvalue weighted by Crippen LogP contribution is -2.36. The molecule has 3 rings (SSSR count). The van der Waals surface area contributed by atoms with Crippen LogP contribution in [0.4, 0.5) is 16.2 Å². The zero-order valence-electron chi connectivity index (χ0n) is 15.0. The molecule has 0 bridgehead atoms. The molecule has 0 saturated carbocycles. The predicted octanol–water partition coefficient (Wildman–Crippen LogP) is 1.47. The molecule has 8 heteroatoms. The summed E-state index contributed by atoms with van der Waals surface area (Å²) >= 11 is 0. The van der Waals surface area contributed by atoms with Gasteiger partial charge in [0.15, 0.2) is 5.78 Å². The van der Waals surface area contributed by atoms with E-state index in [2.05, 4.69) is 10.4 Å². The number of carbonyl (C=O) groups is 3. The number of ketones is 1. The number of fused-ring (bicyclic) bond motifs is 1. The third kappa shape index (κ3) is 2.65. The van der Waals surface area contributed by atoms with Crippen molar-refractivity contribution in [2.24, 2.45) is 5.10 Å². The van der Waals surface area contributed by atoms with Gasteiger partial charge in [-0.25, -0.2) is 4.79 Å². The van der Waals surface area contributed by atoms with Gasteiger partial charge in [0.05, 0.1) is 16.9 Å². The number of carbonyl (C=O) groups excluding carboxylic acids is 3. The standard InChI is InChI=1S/C18H19N5O3/c1-11(24)16-12(17(25)23(20-16)18(26)19-2)9-10-15-21(3)13-7-5-6-8-14(13)22(15)4/h5-10H,1-4H3,(H,19,26)/b12-9+. The highest BCUT2D eigenvalue weighted by Crippen LogP contribution is 2.39. The van der Waals surface area contributed by atoms with Gasteiger partial charge in [0.25, 0.3) is 5.91 Å². The first-order valence-electron chi connectivity index (χ1n) is 8.01. The molecule has 0 spiro atoms. The molecule has 0 fully saturated rings. The number of para-hydroxylation sites is 2. The lowest BCUT2D eigenvalue weighted by molar-refractivity contribution is -0.123. The number of imide groups is 1. The van der Waals surface area contributed by atoms with Crippen molar-refractivity contribution in [3.63, 3.8) is 0 Å². The number of Topliss-reactive ketones (excluding diaryl/α,β-unsaturated/α-hetero) is 1. The molecule has 2 aliphatic rings. The number of allylic oxidation sites excluding steroid dienone is 2. The molecule has 0 saturated heterocycles. The second-order valence-corrected chi connectivity index (χ2v) is 5.89. The van der Waals surface area contributed by atoms with E-state index in [1.807, 2.05) is 48.2 Å². The zero-order chi connectivity index (χ0) is 19.0. The van der Waals surface area contributed by atoms with Crippen molar-refractivity contribution in [3.8, 4) is 0 Å². The Bertz CT molecular complexity index is 869. The van der Waals surface area contributed by atoms with Crippen LogP contribution in [0.2, 0.25) is 0 Å². The average molecular weight is 353 g/mol. The molecule has 8 nitrogen and oxygen atoms in total. The molecule has 0 atom stereocenters. The number of hydrogen-bond acceptors (Lipinski definition) is 6. The minimum atomic E-state index is -0.688. The quantitative estimate of drug-likeness (QED) is 0.814. The van der Waals surface area contributed by atoms with Crippen LogP contribution in [0.5, 0.6) is 0 Å². The van der Waals surface area contributed by atoms with E-state index in [0.717, 1.165) is 17.2 Å². The van der Waals surface area contributed by atoms with Crippen LogP contribution in [0.25, 0.3) is 0 Å². The maximum absolute atomic E-state index is 12.5. The number of rotatable bonds is 2. The van der Waals surface area contributed by atoms with E-state index in [4.69, 9.17) is 0 Å². The number of nitrogens with zero attached hydrogens (tertiary/aromatic N) is 4. The van der Waals surface area contributed by atoms with Gasteiger partial charge in [-0.3, -0.25) is 9.59 Å². The van der Waals surface area contributed by atoms with Crippen LogP contribution >= 0.6 is 0 Å². The lowest BCUT2D eigenvalue weighted by Gasteiger charge is -2.17. The number of nitrogens with one attached hydrogen (secondary N) is 1. The molecule has 0 aliphatic carbocycles. The summed E-state index contributed by atoms with van der Waals surface area (Å²) < 4.78 is 0. The predicted molar refractivity (Wildman–Crippen MR) is 98.8 cm³/mol. The monoisotopic (exact) mass is 353 g/mol. The Kier molecular flexibility index (Phi) is 4.33. The van der Waals surface area contributed by atoms with Crippen LogP contribution in [0.15, 0.2) is 52.9 Å². The van der Waals surface area contributed by atoms with Crippen LogP contribution in [0.1, 0.15) is 6.92 Å². The van der Waals surface area contributed by atoms with E-state index in [1.54, 1.807) is 6.08 Å². The molecule has 3 amide bonds. The molecule has 2 heterocycles. The Hall–Kier alpha value is -3.42. The number of amides is 3. The number of hydrazone groups is 1. The molecule has 26 heavy (non-hydrogen) atoms. The van der Waals surface area contributed by atoms with Gasteiger partial charge in [-0.05, 0) is 24.3 Å². The van der Waals surface area contributed by atoms with E-state index < -0.39 is 11.9 Å². The molecule has 0 unspecified atom stereocenters.